The average Bonchev–Trinajstić information content (AvgIpc) is 2.61. The zero-order valence-corrected chi connectivity index (χ0v) is 17.2. The maximum absolute atomic E-state index is 12.9. The molecule has 1 aromatic carbocycles. The molecule has 6 nitrogen and oxygen atoms in total. The second-order valence-electron chi connectivity index (χ2n) is 6.50. The van der Waals surface area contributed by atoms with Crippen LogP contribution in [0.25, 0.3) is 0 Å². The molecule has 1 aliphatic heterocycles. The molecular weight excluding hydrogens is 403 g/mol. The maximum Gasteiger partial charge on any atom is 0.337 e. The second-order valence-corrected chi connectivity index (χ2v) is 7.28. The van der Waals surface area contributed by atoms with Crippen molar-refractivity contribution in [3.05, 3.63) is 56.3 Å². The largest absolute Gasteiger partial charge is 0.478 e. The number of carboxylic acid groups (broad SMARTS) is 1. The second kappa shape index (κ2) is 9.13. The van der Waals surface area contributed by atoms with Crippen LogP contribution in [0.5, 0.6) is 0 Å². The number of esters is 1. The van der Waals surface area contributed by atoms with Crippen LogP contribution < -0.4 is 5.32 Å². The minimum Gasteiger partial charge on any atom is -0.478 e. The molecular formula is C20H20Cl2N2O4. The molecule has 0 saturated heterocycles. The van der Waals surface area contributed by atoms with E-state index in [1.54, 1.807) is 39.0 Å². The molecule has 2 rings (SSSR count). The molecule has 0 bridgehead atoms. The number of carbonyl (C=O) groups excluding carboxylic acids is 1. The molecule has 0 fully saturated rings. The Balaban J connectivity index is 2.56. The Labute approximate surface area is 173 Å². The molecule has 1 aliphatic rings. The number of halogens is 2. The van der Waals surface area contributed by atoms with Gasteiger partial charge in [0, 0.05) is 17.8 Å². The summed E-state index contributed by atoms with van der Waals surface area (Å²) in [5.41, 5.74) is 1.42. The van der Waals surface area contributed by atoms with Crippen LogP contribution in [0.4, 0.5) is 0 Å². The third kappa shape index (κ3) is 4.49. The van der Waals surface area contributed by atoms with Crippen LogP contribution in [0, 0.1) is 11.3 Å². The van der Waals surface area contributed by atoms with Crippen molar-refractivity contribution in [2.75, 3.05) is 0 Å². The van der Waals surface area contributed by atoms with Crippen molar-refractivity contribution in [3.63, 3.8) is 0 Å². The Morgan fingerprint density at radius 1 is 1.29 bits per heavy atom. The van der Waals surface area contributed by atoms with Crippen molar-refractivity contribution < 1.29 is 19.4 Å². The lowest BCUT2D eigenvalue weighted by Crippen LogP contribution is -2.32. The van der Waals surface area contributed by atoms with E-state index in [9.17, 15) is 14.7 Å². The molecule has 0 spiro atoms. The van der Waals surface area contributed by atoms with Gasteiger partial charge in [-0.25, -0.2) is 9.59 Å². The number of aliphatic carboxylic acids is 1. The van der Waals surface area contributed by atoms with Gasteiger partial charge in [-0.2, -0.15) is 5.26 Å². The van der Waals surface area contributed by atoms with E-state index < -0.39 is 24.0 Å². The summed E-state index contributed by atoms with van der Waals surface area (Å²) in [7, 11) is 0. The molecule has 0 amide bonds. The average molecular weight is 423 g/mol. The topological polar surface area (TPSA) is 99.4 Å². The summed E-state index contributed by atoms with van der Waals surface area (Å²) in [5, 5.41) is 21.9. The third-order valence-corrected chi connectivity index (χ3v) is 5.31. The van der Waals surface area contributed by atoms with E-state index in [1.165, 1.54) is 0 Å². The van der Waals surface area contributed by atoms with Crippen molar-refractivity contribution >= 4 is 35.1 Å². The molecule has 0 aliphatic carbocycles. The summed E-state index contributed by atoms with van der Waals surface area (Å²) >= 11 is 12.5. The lowest BCUT2D eigenvalue weighted by atomic mass is 9.80. The Morgan fingerprint density at radius 2 is 1.93 bits per heavy atom. The van der Waals surface area contributed by atoms with Gasteiger partial charge < -0.3 is 15.2 Å². The predicted molar refractivity (Wildman–Crippen MR) is 106 cm³/mol. The lowest BCUT2D eigenvalue weighted by molar-refractivity contribution is -0.144. The smallest absolute Gasteiger partial charge is 0.337 e. The summed E-state index contributed by atoms with van der Waals surface area (Å²) in [4.78, 5) is 24.9. The highest BCUT2D eigenvalue weighted by Crippen LogP contribution is 2.43. The van der Waals surface area contributed by atoms with Crippen molar-refractivity contribution in [3.8, 4) is 6.07 Å². The first-order valence-electron chi connectivity index (χ1n) is 8.62. The molecule has 1 aromatic rings. The van der Waals surface area contributed by atoms with E-state index in [2.05, 4.69) is 5.32 Å². The van der Waals surface area contributed by atoms with Crippen LogP contribution in [-0.2, 0) is 14.3 Å². The van der Waals surface area contributed by atoms with Gasteiger partial charge in [0.2, 0.25) is 0 Å². The van der Waals surface area contributed by atoms with Crippen molar-refractivity contribution in [2.24, 2.45) is 0 Å². The molecule has 0 saturated carbocycles. The fourth-order valence-corrected chi connectivity index (χ4v) is 3.59. The van der Waals surface area contributed by atoms with Gasteiger partial charge in [0.25, 0.3) is 0 Å². The highest BCUT2D eigenvalue weighted by molar-refractivity contribution is 6.42. The number of nitrogens with zero attached hydrogens (tertiary/aromatic N) is 1. The van der Waals surface area contributed by atoms with Gasteiger partial charge in [-0.15, -0.1) is 0 Å². The predicted octanol–water partition coefficient (Wildman–Crippen LogP) is 4.55. The van der Waals surface area contributed by atoms with Gasteiger partial charge in [-0.1, -0.05) is 35.3 Å². The fourth-order valence-electron chi connectivity index (χ4n) is 3.18. The van der Waals surface area contributed by atoms with Crippen LogP contribution in [0.2, 0.25) is 10.0 Å². The van der Waals surface area contributed by atoms with E-state index >= 15 is 0 Å². The SMILES string of the molecule is CC1=C(C(=O)O)C(c2cccc(Cl)c2Cl)C(C(=O)OC(C)CCC#N)=C(C)N1. The summed E-state index contributed by atoms with van der Waals surface area (Å²) in [6.07, 6.45) is 0.127. The maximum atomic E-state index is 12.9. The van der Waals surface area contributed by atoms with Crippen LogP contribution >= 0.6 is 23.2 Å². The standard InChI is InChI=1S/C20H20Cl2N2O4/c1-10(6-5-9-23)28-20(27)16-12(3)24-11(2)15(19(25)26)17(16)13-7-4-8-14(21)18(13)22/h4,7-8,10,17,24H,5-6H2,1-3H3,(H,25,26). The number of hydrogen-bond donors (Lipinski definition) is 2. The van der Waals surface area contributed by atoms with Gasteiger partial charge in [0.1, 0.15) is 6.10 Å². The van der Waals surface area contributed by atoms with Gasteiger partial charge >= 0.3 is 11.9 Å². The van der Waals surface area contributed by atoms with E-state index in [1.807, 2.05) is 6.07 Å². The number of dihydropyridines is 1. The summed E-state index contributed by atoms with van der Waals surface area (Å²) in [6, 6.07) is 6.88. The number of benzene rings is 1. The number of allylic oxidation sites excluding steroid dienone is 2. The molecule has 2 N–H and O–H groups in total. The summed E-state index contributed by atoms with van der Waals surface area (Å²) in [6.45, 7) is 4.97. The van der Waals surface area contributed by atoms with Gasteiger partial charge in [0.15, 0.2) is 0 Å². The number of rotatable bonds is 6. The van der Waals surface area contributed by atoms with Crippen LogP contribution in [0.3, 0.4) is 0 Å². The zero-order chi connectivity index (χ0) is 21.0. The van der Waals surface area contributed by atoms with E-state index in [-0.39, 0.29) is 27.6 Å². The Morgan fingerprint density at radius 3 is 2.54 bits per heavy atom. The Bertz CT molecular complexity index is 915. The molecule has 0 radical (unpaired) electrons. The molecule has 28 heavy (non-hydrogen) atoms. The highest BCUT2D eigenvalue weighted by Gasteiger charge is 2.38. The molecule has 8 heteroatoms. The first-order chi connectivity index (χ1) is 13.2. The first kappa shape index (κ1) is 21.8. The Hall–Kier alpha value is -2.49. The highest BCUT2D eigenvalue weighted by atomic mass is 35.5. The monoisotopic (exact) mass is 422 g/mol. The number of nitrogens with one attached hydrogen (secondary N) is 1. The van der Waals surface area contributed by atoms with Gasteiger partial charge in [-0.3, -0.25) is 0 Å². The molecule has 2 atom stereocenters. The van der Waals surface area contributed by atoms with E-state index in [0.29, 0.717) is 23.4 Å². The minimum atomic E-state index is -1.18. The molecule has 148 valence electrons. The normalized spacial score (nSPS) is 17.6. The van der Waals surface area contributed by atoms with E-state index in [4.69, 9.17) is 33.2 Å². The van der Waals surface area contributed by atoms with E-state index in [0.717, 1.165) is 0 Å². The Kier molecular flexibility index (Phi) is 7.11. The first-order valence-corrected chi connectivity index (χ1v) is 9.38. The minimum absolute atomic E-state index is 0.00797. The lowest BCUT2D eigenvalue weighted by Gasteiger charge is -2.30. The number of nitriles is 1. The van der Waals surface area contributed by atoms with Gasteiger partial charge in [0.05, 0.1) is 33.2 Å². The quantitative estimate of drug-likeness (QED) is 0.652. The van der Waals surface area contributed by atoms with Crippen molar-refractivity contribution in [2.45, 2.75) is 45.6 Å². The van der Waals surface area contributed by atoms with Crippen molar-refractivity contribution in [1.29, 1.82) is 5.26 Å². The number of ether oxygens (including phenoxy) is 1. The van der Waals surface area contributed by atoms with Crippen LogP contribution in [-0.4, -0.2) is 23.1 Å². The van der Waals surface area contributed by atoms with Crippen LogP contribution in [0.15, 0.2) is 40.7 Å². The molecule has 2 unspecified atom stereocenters. The molecule has 0 aromatic heterocycles. The van der Waals surface area contributed by atoms with Crippen molar-refractivity contribution in [1.82, 2.24) is 5.32 Å². The summed E-state index contributed by atoms with van der Waals surface area (Å²) in [5.74, 6) is -2.79. The third-order valence-electron chi connectivity index (χ3n) is 4.47. The molecule has 1 heterocycles. The number of carboxylic acids is 1. The fraction of sp³-hybridized carbons (Fsp3) is 0.350. The zero-order valence-electron chi connectivity index (χ0n) is 15.7. The summed E-state index contributed by atoms with van der Waals surface area (Å²) < 4.78 is 5.47. The van der Waals surface area contributed by atoms with Crippen LogP contribution in [0.1, 0.15) is 45.1 Å². The number of carbonyl (C=O) groups is 2. The number of hydrogen-bond acceptors (Lipinski definition) is 5. The van der Waals surface area contributed by atoms with Gasteiger partial charge in [-0.05, 0) is 38.8 Å².